The van der Waals surface area contributed by atoms with Crippen LogP contribution in [0.2, 0.25) is 0 Å². The van der Waals surface area contributed by atoms with Crippen LogP contribution < -0.4 is 5.73 Å². The Kier molecular flexibility index (Phi) is 5.16. The Morgan fingerprint density at radius 3 is 2.76 bits per heavy atom. The fourth-order valence-corrected chi connectivity index (χ4v) is 3.85. The van der Waals surface area contributed by atoms with Crippen molar-refractivity contribution in [3.05, 3.63) is 59.8 Å². The van der Waals surface area contributed by atoms with Crippen LogP contribution >= 0.6 is 0 Å². The van der Waals surface area contributed by atoms with Gasteiger partial charge < -0.3 is 5.73 Å². The van der Waals surface area contributed by atoms with Crippen LogP contribution in [0.25, 0.3) is 0 Å². The van der Waals surface area contributed by atoms with Crippen molar-refractivity contribution in [1.29, 1.82) is 0 Å². The maximum atomic E-state index is 13.0. The number of rotatable bonds is 6. The number of amidine groups is 1. The van der Waals surface area contributed by atoms with E-state index in [-0.39, 0.29) is 30.8 Å². The number of aliphatic imine (C=N–C) groups is 1. The standard InChI is InChI=1S/C21H22N6O2/c1-13(15-5-3-2-4-6-15)9-18(28)27-19(20-24-12-25-26-20)16(21(27)29)10-14-7-8-23-17(22)11-14/h2-8,11,13,16,19H,9-10,12H2,1H3,(H2,22,23)/t13-,16+,19-/m0/s1. The number of carbonyl (C=O) groups is 2. The number of imide groups is 1. The number of likely N-dealkylation sites (tertiary alicyclic amines) is 1. The fraction of sp³-hybridized carbons (Fsp3) is 0.333. The van der Waals surface area contributed by atoms with E-state index < -0.39 is 12.0 Å². The van der Waals surface area contributed by atoms with Gasteiger partial charge in [0, 0.05) is 12.6 Å². The maximum Gasteiger partial charge on any atom is 0.235 e. The minimum absolute atomic E-state index is 0.00309. The van der Waals surface area contributed by atoms with Crippen LogP contribution in [-0.2, 0) is 16.0 Å². The number of nitrogens with zero attached hydrogens (tertiary/aromatic N) is 5. The van der Waals surface area contributed by atoms with Crippen LogP contribution in [0, 0.1) is 5.92 Å². The summed E-state index contributed by atoms with van der Waals surface area (Å²) in [5.41, 5.74) is 7.71. The zero-order chi connectivity index (χ0) is 20.4. The van der Waals surface area contributed by atoms with Gasteiger partial charge in [0.1, 0.15) is 11.9 Å². The molecule has 3 heterocycles. The summed E-state index contributed by atoms with van der Waals surface area (Å²) in [6.45, 7) is 2.22. The number of benzene rings is 1. The Morgan fingerprint density at radius 2 is 2.07 bits per heavy atom. The van der Waals surface area contributed by atoms with Gasteiger partial charge in [-0.25, -0.2) is 9.98 Å². The summed E-state index contributed by atoms with van der Waals surface area (Å²) in [5.74, 6) is 0.00434. The number of anilines is 1. The van der Waals surface area contributed by atoms with E-state index in [1.54, 1.807) is 12.3 Å². The molecule has 3 atom stereocenters. The van der Waals surface area contributed by atoms with Crippen LogP contribution in [-0.4, -0.2) is 40.2 Å². The number of pyridine rings is 1. The molecule has 2 aromatic rings. The second-order valence-corrected chi connectivity index (χ2v) is 7.36. The van der Waals surface area contributed by atoms with E-state index in [4.69, 9.17) is 5.73 Å². The predicted octanol–water partition coefficient (Wildman–Crippen LogP) is 2.58. The lowest BCUT2D eigenvalue weighted by Crippen LogP contribution is -2.66. The first kappa shape index (κ1) is 18.9. The number of amides is 2. The number of aromatic nitrogens is 1. The van der Waals surface area contributed by atoms with E-state index in [0.29, 0.717) is 18.1 Å². The third kappa shape index (κ3) is 3.78. The summed E-state index contributed by atoms with van der Waals surface area (Å²) in [5, 5.41) is 7.96. The van der Waals surface area contributed by atoms with Gasteiger partial charge in [-0.15, -0.1) is 5.11 Å². The van der Waals surface area contributed by atoms with E-state index in [0.717, 1.165) is 11.1 Å². The molecule has 1 aromatic carbocycles. The Hall–Kier alpha value is -3.42. The first-order valence-corrected chi connectivity index (χ1v) is 9.57. The van der Waals surface area contributed by atoms with Gasteiger partial charge in [0.25, 0.3) is 0 Å². The number of hydrogen-bond donors (Lipinski definition) is 1. The molecule has 2 aliphatic heterocycles. The second kappa shape index (κ2) is 7.90. The lowest BCUT2D eigenvalue weighted by atomic mass is 9.81. The van der Waals surface area contributed by atoms with Crippen LogP contribution in [0.15, 0.2) is 63.9 Å². The third-order valence-electron chi connectivity index (χ3n) is 5.37. The molecular formula is C21H22N6O2. The second-order valence-electron chi connectivity index (χ2n) is 7.36. The van der Waals surface area contributed by atoms with Crippen molar-refractivity contribution in [3.63, 3.8) is 0 Å². The van der Waals surface area contributed by atoms with Crippen LogP contribution in [0.5, 0.6) is 0 Å². The first-order chi connectivity index (χ1) is 14.0. The number of carbonyl (C=O) groups excluding carboxylic acids is 2. The van der Waals surface area contributed by atoms with Crippen molar-refractivity contribution < 1.29 is 9.59 Å². The van der Waals surface area contributed by atoms with E-state index in [1.165, 1.54) is 4.90 Å². The predicted molar refractivity (Wildman–Crippen MR) is 108 cm³/mol. The molecule has 0 radical (unpaired) electrons. The topological polar surface area (TPSA) is 113 Å². The zero-order valence-electron chi connectivity index (χ0n) is 16.1. The SMILES string of the molecule is C[C@@H](CC(=O)N1C(=O)[C@H](Cc2ccnc(N)c2)[C@H]1C1=NCN=N1)c1ccccc1. The molecule has 148 valence electrons. The Balaban J connectivity index is 1.52. The average Bonchev–Trinajstić information content (AvgIpc) is 3.24. The zero-order valence-corrected chi connectivity index (χ0v) is 16.1. The molecule has 4 rings (SSSR count). The van der Waals surface area contributed by atoms with Crippen molar-refractivity contribution in [2.75, 3.05) is 12.4 Å². The summed E-state index contributed by atoms with van der Waals surface area (Å²) in [6.07, 6.45) is 2.30. The number of azo groups is 1. The molecule has 0 aliphatic carbocycles. The van der Waals surface area contributed by atoms with Crippen molar-refractivity contribution in [2.45, 2.75) is 31.7 Å². The van der Waals surface area contributed by atoms with Gasteiger partial charge in [-0.1, -0.05) is 37.3 Å². The van der Waals surface area contributed by atoms with Crippen LogP contribution in [0.1, 0.15) is 30.4 Å². The van der Waals surface area contributed by atoms with Crippen LogP contribution in [0.3, 0.4) is 0 Å². The molecular weight excluding hydrogens is 368 g/mol. The number of nitrogens with two attached hydrogens (primary N) is 1. The quantitative estimate of drug-likeness (QED) is 0.764. The average molecular weight is 390 g/mol. The van der Waals surface area contributed by atoms with Crippen molar-refractivity contribution >= 4 is 23.5 Å². The van der Waals surface area contributed by atoms with Crippen LogP contribution in [0.4, 0.5) is 5.82 Å². The number of β-lactam (4-membered cyclic amide) rings is 1. The highest BCUT2D eigenvalue weighted by Crippen LogP contribution is 2.34. The normalized spacial score (nSPS) is 21.6. The molecule has 0 saturated carbocycles. The summed E-state index contributed by atoms with van der Waals surface area (Å²) >= 11 is 0. The molecule has 29 heavy (non-hydrogen) atoms. The monoisotopic (exact) mass is 390 g/mol. The maximum absolute atomic E-state index is 13.0. The largest absolute Gasteiger partial charge is 0.384 e. The van der Waals surface area contributed by atoms with E-state index >= 15 is 0 Å². The smallest absolute Gasteiger partial charge is 0.235 e. The minimum atomic E-state index is -0.487. The molecule has 1 fully saturated rings. The highest BCUT2D eigenvalue weighted by Gasteiger charge is 2.53. The van der Waals surface area contributed by atoms with E-state index in [1.807, 2.05) is 43.3 Å². The van der Waals surface area contributed by atoms with Gasteiger partial charge in [0.15, 0.2) is 12.5 Å². The Labute approximate surface area is 168 Å². The lowest BCUT2D eigenvalue weighted by molar-refractivity contribution is -0.162. The Bertz CT molecular complexity index is 988. The third-order valence-corrected chi connectivity index (χ3v) is 5.37. The minimum Gasteiger partial charge on any atom is -0.384 e. The van der Waals surface area contributed by atoms with Gasteiger partial charge in [-0.05, 0) is 35.6 Å². The van der Waals surface area contributed by atoms with Crippen molar-refractivity contribution in [3.8, 4) is 0 Å². The van der Waals surface area contributed by atoms with Gasteiger partial charge in [0.2, 0.25) is 11.8 Å². The van der Waals surface area contributed by atoms with Crippen molar-refractivity contribution in [1.82, 2.24) is 9.88 Å². The molecule has 8 heteroatoms. The summed E-state index contributed by atoms with van der Waals surface area (Å²) in [4.78, 5) is 35.5. The molecule has 2 aliphatic rings. The van der Waals surface area contributed by atoms with E-state index in [2.05, 4.69) is 20.2 Å². The summed E-state index contributed by atoms with van der Waals surface area (Å²) < 4.78 is 0. The number of nitrogen functional groups attached to an aromatic ring is 1. The molecule has 2 amide bonds. The summed E-state index contributed by atoms with van der Waals surface area (Å²) in [6, 6.07) is 12.9. The van der Waals surface area contributed by atoms with Gasteiger partial charge in [-0.3, -0.25) is 14.5 Å². The molecule has 8 nitrogen and oxygen atoms in total. The van der Waals surface area contributed by atoms with Gasteiger partial charge in [0.05, 0.1) is 5.92 Å². The summed E-state index contributed by atoms with van der Waals surface area (Å²) in [7, 11) is 0. The lowest BCUT2D eigenvalue weighted by Gasteiger charge is -2.45. The van der Waals surface area contributed by atoms with Crippen molar-refractivity contribution in [2.24, 2.45) is 21.1 Å². The molecule has 1 aromatic heterocycles. The number of hydrogen-bond acceptors (Lipinski definition) is 7. The van der Waals surface area contributed by atoms with Gasteiger partial charge in [-0.2, -0.15) is 5.11 Å². The molecule has 2 N–H and O–H groups in total. The molecule has 0 spiro atoms. The Morgan fingerprint density at radius 1 is 1.28 bits per heavy atom. The molecule has 1 saturated heterocycles. The highest BCUT2D eigenvalue weighted by molar-refractivity contribution is 6.11. The first-order valence-electron chi connectivity index (χ1n) is 9.57. The fourth-order valence-electron chi connectivity index (χ4n) is 3.85. The highest BCUT2D eigenvalue weighted by atomic mass is 16.2. The molecule has 0 bridgehead atoms. The van der Waals surface area contributed by atoms with Gasteiger partial charge >= 0.3 is 0 Å². The van der Waals surface area contributed by atoms with E-state index in [9.17, 15) is 9.59 Å². The molecule has 0 unspecified atom stereocenters.